The molecule has 0 aliphatic carbocycles. The standard InChI is InChI=1S/C7H5ClF3N3O2/c8-4-1-5(13-3-7(9,10)11)6(12-2-4)14(15)16/h1-2,13H,3H2. The molecule has 1 heterocycles. The fraction of sp³-hybridized carbons (Fsp3) is 0.286. The molecule has 0 bridgehead atoms. The third kappa shape index (κ3) is 3.54. The van der Waals surface area contributed by atoms with Gasteiger partial charge in [0.05, 0.1) is 5.02 Å². The van der Waals surface area contributed by atoms with Gasteiger partial charge in [-0.05, 0) is 16.0 Å². The molecule has 0 atom stereocenters. The summed E-state index contributed by atoms with van der Waals surface area (Å²) in [5.41, 5.74) is -0.366. The Balaban J connectivity index is 2.93. The lowest BCUT2D eigenvalue weighted by atomic mass is 10.4. The van der Waals surface area contributed by atoms with Crippen LogP contribution in [0.4, 0.5) is 24.7 Å². The van der Waals surface area contributed by atoms with E-state index in [9.17, 15) is 23.3 Å². The van der Waals surface area contributed by atoms with Crippen molar-refractivity contribution in [3.8, 4) is 0 Å². The smallest absolute Gasteiger partial charge is 0.369 e. The number of hydrogen-bond acceptors (Lipinski definition) is 4. The van der Waals surface area contributed by atoms with E-state index in [4.69, 9.17) is 11.6 Å². The van der Waals surface area contributed by atoms with E-state index in [-0.39, 0.29) is 10.7 Å². The number of nitrogens with zero attached hydrogens (tertiary/aromatic N) is 2. The number of rotatable bonds is 3. The Kier molecular flexibility index (Phi) is 3.53. The summed E-state index contributed by atoms with van der Waals surface area (Å²) >= 11 is 5.47. The van der Waals surface area contributed by atoms with Gasteiger partial charge in [-0.3, -0.25) is 0 Å². The number of nitro groups is 1. The maximum Gasteiger partial charge on any atom is 0.405 e. The summed E-state index contributed by atoms with van der Waals surface area (Å²) in [5.74, 6) is -0.700. The fourth-order valence-corrected chi connectivity index (χ4v) is 1.06. The van der Waals surface area contributed by atoms with Gasteiger partial charge >= 0.3 is 12.0 Å². The zero-order valence-electron chi connectivity index (χ0n) is 7.58. The van der Waals surface area contributed by atoms with Crippen molar-refractivity contribution in [3.63, 3.8) is 0 Å². The number of nitrogens with one attached hydrogen (secondary N) is 1. The van der Waals surface area contributed by atoms with Crippen LogP contribution < -0.4 is 5.32 Å². The Bertz CT molecular complexity index is 410. The molecule has 9 heteroatoms. The lowest BCUT2D eigenvalue weighted by molar-refractivity contribution is -0.388. The highest BCUT2D eigenvalue weighted by molar-refractivity contribution is 6.30. The van der Waals surface area contributed by atoms with Crippen molar-refractivity contribution in [1.82, 2.24) is 4.98 Å². The first kappa shape index (κ1) is 12.5. The second-order valence-corrected chi connectivity index (χ2v) is 3.19. The van der Waals surface area contributed by atoms with E-state index >= 15 is 0 Å². The molecule has 5 nitrogen and oxygen atoms in total. The van der Waals surface area contributed by atoms with Crippen molar-refractivity contribution in [2.45, 2.75) is 6.18 Å². The van der Waals surface area contributed by atoms with Crippen molar-refractivity contribution in [2.24, 2.45) is 0 Å². The highest BCUT2D eigenvalue weighted by atomic mass is 35.5. The first-order valence-electron chi connectivity index (χ1n) is 3.90. The molecule has 1 rings (SSSR count). The Labute approximate surface area is 92.4 Å². The van der Waals surface area contributed by atoms with Gasteiger partial charge in [-0.2, -0.15) is 13.2 Å². The molecule has 1 N–H and O–H groups in total. The molecule has 0 amide bonds. The zero-order chi connectivity index (χ0) is 12.3. The first-order valence-corrected chi connectivity index (χ1v) is 4.28. The summed E-state index contributed by atoms with van der Waals surface area (Å²) in [6.45, 7) is -1.39. The van der Waals surface area contributed by atoms with Crippen LogP contribution in [0, 0.1) is 10.1 Å². The van der Waals surface area contributed by atoms with Gasteiger partial charge in [-0.15, -0.1) is 0 Å². The summed E-state index contributed by atoms with van der Waals surface area (Å²) in [5, 5.41) is 12.3. The summed E-state index contributed by atoms with van der Waals surface area (Å²) in [6.07, 6.45) is -3.49. The number of alkyl halides is 3. The van der Waals surface area contributed by atoms with Crippen LogP contribution in [0.3, 0.4) is 0 Å². The van der Waals surface area contributed by atoms with E-state index in [0.29, 0.717) is 0 Å². The number of aromatic nitrogens is 1. The molecule has 88 valence electrons. The van der Waals surface area contributed by atoms with Gasteiger partial charge in [0, 0.05) is 0 Å². The van der Waals surface area contributed by atoms with Gasteiger partial charge < -0.3 is 15.4 Å². The quantitative estimate of drug-likeness (QED) is 0.666. The van der Waals surface area contributed by atoms with Gasteiger partial charge in [0.1, 0.15) is 12.2 Å². The molecule has 0 aromatic carbocycles. The molecule has 0 aliphatic rings. The topological polar surface area (TPSA) is 68.1 Å². The minimum Gasteiger partial charge on any atom is -0.369 e. The van der Waals surface area contributed by atoms with Crippen molar-refractivity contribution >= 4 is 23.1 Å². The zero-order valence-corrected chi connectivity index (χ0v) is 8.34. The predicted molar refractivity (Wildman–Crippen MR) is 50.4 cm³/mol. The largest absolute Gasteiger partial charge is 0.405 e. The van der Waals surface area contributed by atoms with Gasteiger partial charge in [0.2, 0.25) is 0 Å². The summed E-state index contributed by atoms with van der Waals surface area (Å²) in [4.78, 5) is 12.9. The third-order valence-electron chi connectivity index (χ3n) is 1.49. The van der Waals surface area contributed by atoms with Crippen molar-refractivity contribution in [1.29, 1.82) is 0 Å². The normalized spacial score (nSPS) is 11.2. The number of pyridine rings is 1. The number of anilines is 1. The van der Waals surface area contributed by atoms with E-state index in [0.717, 1.165) is 12.3 Å². The lowest BCUT2D eigenvalue weighted by Gasteiger charge is -2.09. The molecule has 0 unspecified atom stereocenters. The molecule has 1 aromatic heterocycles. The van der Waals surface area contributed by atoms with E-state index < -0.39 is 23.5 Å². The van der Waals surface area contributed by atoms with Crippen LogP contribution in [0.1, 0.15) is 0 Å². The molecule has 0 fully saturated rings. The molecule has 0 spiro atoms. The van der Waals surface area contributed by atoms with Gasteiger partial charge in [0.15, 0.2) is 6.20 Å². The van der Waals surface area contributed by atoms with Crippen LogP contribution in [-0.2, 0) is 0 Å². The van der Waals surface area contributed by atoms with Crippen LogP contribution in [0.2, 0.25) is 5.02 Å². The third-order valence-corrected chi connectivity index (χ3v) is 1.69. The molecule has 0 saturated heterocycles. The van der Waals surface area contributed by atoms with Crippen molar-refractivity contribution in [2.75, 3.05) is 11.9 Å². The minimum absolute atomic E-state index is 0.00951. The highest BCUT2D eigenvalue weighted by Gasteiger charge is 2.28. The van der Waals surface area contributed by atoms with Crippen LogP contribution in [-0.4, -0.2) is 22.6 Å². The average Bonchev–Trinajstić information content (AvgIpc) is 2.13. The fourth-order valence-electron chi connectivity index (χ4n) is 0.903. The summed E-state index contributed by atoms with van der Waals surface area (Å²) in [7, 11) is 0. The SMILES string of the molecule is O=[N+]([O-])c1ncc(Cl)cc1NCC(F)(F)F. The van der Waals surface area contributed by atoms with E-state index in [1.54, 1.807) is 0 Å². The van der Waals surface area contributed by atoms with E-state index in [2.05, 4.69) is 4.98 Å². The van der Waals surface area contributed by atoms with Crippen LogP contribution in [0.5, 0.6) is 0 Å². The van der Waals surface area contributed by atoms with Crippen molar-refractivity contribution in [3.05, 3.63) is 27.4 Å². The Morgan fingerprint density at radius 2 is 2.19 bits per heavy atom. The van der Waals surface area contributed by atoms with E-state index in [1.807, 2.05) is 5.32 Å². The second-order valence-electron chi connectivity index (χ2n) is 2.75. The molecule has 0 aliphatic heterocycles. The number of halogens is 4. The van der Waals surface area contributed by atoms with Crippen LogP contribution in [0.25, 0.3) is 0 Å². The van der Waals surface area contributed by atoms with E-state index in [1.165, 1.54) is 0 Å². The maximum absolute atomic E-state index is 11.9. The van der Waals surface area contributed by atoms with Crippen molar-refractivity contribution < 1.29 is 18.1 Å². The Hall–Kier alpha value is -1.57. The highest BCUT2D eigenvalue weighted by Crippen LogP contribution is 2.26. The summed E-state index contributed by atoms with van der Waals surface area (Å²) < 4.78 is 35.7. The maximum atomic E-state index is 11.9. The second kappa shape index (κ2) is 4.52. The van der Waals surface area contributed by atoms with Gasteiger partial charge in [0.25, 0.3) is 0 Å². The predicted octanol–water partition coefficient (Wildman–Crippen LogP) is 2.62. The molecule has 0 radical (unpaired) electrons. The lowest BCUT2D eigenvalue weighted by Crippen LogP contribution is -2.21. The Morgan fingerprint density at radius 3 is 2.69 bits per heavy atom. The molecule has 16 heavy (non-hydrogen) atoms. The Morgan fingerprint density at radius 1 is 1.56 bits per heavy atom. The number of hydrogen-bond donors (Lipinski definition) is 1. The van der Waals surface area contributed by atoms with Gasteiger partial charge in [-0.1, -0.05) is 11.6 Å². The first-order chi connectivity index (χ1) is 7.29. The molecular formula is C7H5ClF3N3O2. The minimum atomic E-state index is -4.48. The van der Waals surface area contributed by atoms with Crippen LogP contribution >= 0.6 is 11.6 Å². The molecular weight excluding hydrogens is 251 g/mol. The summed E-state index contributed by atoms with van der Waals surface area (Å²) in [6, 6.07) is 1.01. The average molecular weight is 256 g/mol. The molecule has 1 aromatic rings. The van der Waals surface area contributed by atoms with Crippen LogP contribution in [0.15, 0.2) is 12.3 Å². The van der Waals surface area contributed by atoms with Gasteiger partial charge in [-0.25, -0.2) is 0 Å². The monoisotopic (exact) mass is 255 g/mol. The molecule has 0 saturated carbocycles.